The second-order valence-corrected chi connectivity index (χ2v) is 6.31. The summed E-state index contributed by atoms with van der Waals surface area (Å²) in [4.78, 5) is 0. The van der Waals surface area contributed by atoms with E-state index in [-0.39, 0.29) is 22.6 Å². The number of nitrogens with zero attached hydrogens (tertiary/aromatic N) is 1. The largest absolute Gasteiger partial charge is 0.382 e. The second kappa shape index (κ2) is 5.27. The normalized spacial score (nSPS) is 11.8. The number of aromatic nitrogens is 1. The van der Waals surface area contributed by atoms with Gasteiger partial charge < -0.3 is 8.71 Å². The standard InChI is InChI=1S/C14H8F3NO4S/c1-23(19,20)22-8-2-3-9-12(6-8)21-18-14(9)7-4-10(15)13(17)11(16)5-7/h2-6H,1H3. The molecule has 1 heterocycles. The van der Waals surface area contributed by atoms with Crippen LogP contribution in [0.5, 0.6) is 5.75 Å². The van der Waals surface area contributed by atoms with E-state index in [4.69, 9.17) is 8.71 Å². The number of halogens is 3. The van der Waals surface area contributed by atoms with E-state index in [0.717, 1.165) is 18.4 Å². The number of fused-ring (bicyclic) bond motifs is 1. The Morgan fingerprint density at radius 3 is 2.35 bits per heavy atom. The third-order valence-corrected chi connectivity index (χ3v) is 3.44. The molecule has 0 atom stereocenters. The maximum atomic E-state index is 13.3. The Balaban J connectivity index is 2.10. The van der Waals surface area contributed by atoms with Crippen LogP contribution >= 0.6 is 0 Å². The molecule has 0 bridgehead atoms. The number of benzene rings is 2. The second-order valence-electron chi connectivity index (χ2n) is 4.73. The molecule has 23 heavy (non-hydrogen) atoms. The van der Waals surface area contributed by atoms with E-state index >= 15 is 0 Å². The van der Waals surface area contributed by atoms with Crippen LogP contribution in [0.2, 0.25) is 0 Å². The van der Waals surface area contributed by atoms with Crippen molar-refractivity contribution in [3.05, 3.63) is 47.8 Å². The van der Waals surface area contributed by atoms with Crippen LogP contribution in [0, 0.1) is 17.5 Å². The van der Waals surface area contributed by atoms with Gasteiger partial charge in [0.1, 0.15) is 11.4 Å². The van der Waals surface area contributed by atoms with E-state index in [9.17, 15) is 21.6 Å². The highest BCUT2D eigenvalue weighted by molar-refractivity contribution is 7.86. The predicted octanol–water partition coefficient (Wildman–Crippen LogP) is 3.25. The molecule has 0 radical (unpaired) electrons. The smallest absolute Gasteiger partial charge is 0.306 e. The molecular formula is C14H8F3NO4S. The molecule has 120 valence electrons. The highest BCUT2D eigenvalue weighted by Gasteiger charge is 2.17. The van der Waals surface area contributed by atoms with E-state index in [1.165, 1.54) is 18.2 Å². The lowest BCUT2D eigenvalue weighted by atomic mass is 10.1. The Morgan fingerprint density at radius 1 is 1.09 bits per heavy atom. The quantitative estimate of drug-likeness (QED) is 0.539. The molecule has 0 N–H and O–H groups in total. The van der Waals surface area contributed by atoms with Gasteiger partial charge in [0.25, 0.3) is 0 Å². The maximum absolute atomic E-state index is 13.3. The van der Waals surface area contributed by atoms with Gasteiger partial charge in [-0.2, -0.15) is 8.42 Å². The Kier molecular flexibility index (Phi) is 3.52. The van der Waals surface area contributed by atoms with Gasteiger partial charge in [-0.25, -0.2) is 13.2 Å². The van der Waals surface area contributed by atoms with Gasteiger partial charge in [0, 0.05) is 17.0 Å². The third kappa shape index (κ3) is 3.00. The summed E-state index contributed by atoms with van der Waals surface area (Å²) in [6.07, 6.45) is 0.882. The topological polar surface area (TPSA) is 69.4 Å². The summed E-state index contributed by atoms with van der Waals surface area (Å²) in [7, 11) is -3.71. The molecule has 9 heteroatoms. The van der Waals surface area contributed by atoms with E-state index in [0.29, 0.717) is 5.39 Å². The van der Waals surface area contributed by atoms with Gasteiger partial charge in [-0.05, 0) is 24.3 Å². The van der Waals surface area contributed by atoms with Gasteiger partial charge in [0.2, 0.25) is 0 Å². The van der Waals surface area contributed by atoms with E-state index in [1.54, 1.807) is 0 Å². The fourth-order valence-electron chi connectivity index (χ4n) is 2.04. The Bertz CT molecular complexity index is 991. The number of hydrogen-bond acceptors (Lipinski definition) is 5. The summed E-state index contributed by atoms with van der Waals surface area (Å²) >= 11 is 0. The van der Waals surface area contributed by atoms with Crippen LogP contribution in [0.1, 0.15) is 0 Å². The molecule has 0 saturated carbocycles. The zero-order valence-corrected chi connectivity index (χ0v) is 12.3. The molecule has 3 aromatic rings. The molecule has 0 aliphatic heterocycles. The van der Waals surface area contributed by atoms with Crippen LogP contribution in [0.25, 0.3) is 22.2 Å². The lowest BCUT2D eigenvalue weighted by Crippen LogP contribution is -2.05. The molecule has 0 unspecified atom stereocenters. The van der Waals surface area contributed by atoms with Crippen molar-refractivity contribution in [3.8, 4) is 17.0 Å². The molecule has 0 fully saturated rings. The van der Waals surface area contributed by atoms with Crippen LogP contribution < -0.4 is 4.18 Å². The van der Waals surface area contributed by atoms with Gasteiger partial charge in [0.15, 0.2) is 23.0 Å². The van der Waals surface area contributed by atoms with Gasteiger partial charge in [-0.3, -0.25) is 0 Å². The first-order chi connectivity index (χ1) is 10.7. The van der Waals surface area contributed by atoms with Crippen molar-refractivity contribution in [1.82, 2.24) is 5.16 Å². The van der Waals surface area contributed by atoms with Crippen LogP contribution in [-0.2, 0) is 10.1 Å². The molecule has 0 aliphatic rings. The highest BCUT2D eigenvalue weighted by atomic mass is 32.2. The lowest BCUT2D eigenvalue weighted by Gasteiger charge is -2.02. The molecular weight excluding hydrogens is 335 g/mol. The van der Waals surface area contributed by atoms with Gasteiger partial charge >= 0.3 is 10.1 Å². The molecule has 0 amide bonds. The fraction of sp³-hybridized carbons (Fsp3) is 0.0714. The summed E-state index contributed by atoms with van der Waals surface area (Å²) in [5.74, 6) is -4.29. The number of rotatable bonds is 3. The van der Waals surface area contributed by atoms with E-state index < -0.39 is 27.6 Å². The van der Waals surface area contributed by atoms with Crippen molar-refractivity contribution in [2.75, 3.05) is 6.26 Å². The molecule has 2 aromatic carbocycles. The first-order valence-corrected chi connectivity index (χ1v) is 8.00. The summed E-state index contributed by atoms with van der Waals surface area (Å²) in [6.45, 7) is 0. The van der Waals surface area contributed by atoms with E-state index in [1.807, 2.05) is 0 Å². The lowest BCUT2D eigenvalue weighted by molar-refractivity contribution is 0.446. The summed E-state index contributed by atoms with van der Waals surface area (Å²) in [5.41, 5.74) is 0.215. The number of hydrogen-bond donors (Lipinski definition) is 0. The summed E-state index contributed by atoms with van der Waals surface area (Å²) < 4.78 is 71.5. The minimum atomic E-state index is -3.71. The van der Waals surface area contributed by atoms with Crippen molar-refractivity contribution >= 4 is 21.1 Å². The van der Waals surface area contributed by atoms with Crippen LogP contribution in [-0.4, -0.2) is 19.8 Å². The van der Waals surface area contributed by atoms with Crippen LogP contribution in [0.3, 0.4) is 0 Å². The molecule has 0 saturated heterocycles. The molecule has 0 aliphatic carbocycles. The monoisotopic (exact) mass is 343 g/mol. The Morgan fingerprint density at radius 2 is 1.74 bits per heavy atom. The maximum Gasteiger partial charge on any atom is 0.306 e. The minimum absolute atomic E-state index is 0.000771. The molecule has 0 spiro atoms. The van der Waals surface area contributed by atoms with Crippen molar-refractivity contribution < 1.29 is 30.3 Å². The SMILES string of the molecule is CS(=O)(=O)Oc1ccc2c(-c3cc(F)c(F)c(F)c3)noc2c1. The van der Waals surface area contributed by atoms with E-state index in [2.05, 4.69) is 5.16 Å². The molecule has 1 aromatic heterocycles. The van der Waals surface area contributed by atoms with Crippen molar-refractivity contribution in [3.63, 3.8) is 0 Å². The zero-order chi connectivity index (χ0) is 16.8. The Hall–Kier alpha value is -2.55. The average molecular weight is 343 g/mol. The van der Waals surface area contributed by atoms with Crippen molar-refractivity contribution in [2.45, 2.75) is 0 Å². The fourth-order valence-corrected chi connectivity index (χ4v) is 2.50. The van der Waals surface area contributed by atoms with Gasteiger partial charge in [-0.1, -0.05) is 5.16 Å². The van der Waals surface area contributed by atoms with Crippen LogP contribution in [0.4, 0.5) is 13.2 Å². The zero-order valence-electron chi connectivity index (χ0n) is 11.5. The first kappa shape index (κ1) is 15.3. The van der Waals surface area contributed by atoms with Crippen molar-refractivity contribution in [2.24, 2.45) is 0 Å². The van der Waals surface area contributed by atoms with Crippen LogP contribution in [0.15, 0.2) is 34.9 Å². The summed E-state index contributed by atoms with van der Waals surface area (Å²) in [5, 5.41) is 4.04. The van der Waals surface area contributed by atoms with Gasteiger partial charge in [-0.15, -0.1) is 0 Å². The molecule has 5 nitrogen and oxygen atoms in total. The molecule has 3 rings (SSSR count). The summed E-state index contributed by atoms with van der Waals surface area (Å²) in [6, 6.07) is 5.59. The highest BCUT2D eigenvalue weighted by Crippen LogP contribution is 2.32. The third-order valence-electron chi connectivity index (χ3n) is 2.95. The van der Waals surface area contributed by atoms with Gasteiger partial charge in [0.05, 0.1) is 6.26 Å². The van der Waals surface area contributed by atoms with Crippen molar-refractivity contribution in [1.29, 1.82) is 0 Å². The minimum Gasteiger partial charge on any atom is -0.382 e. The Labute approximate surface area is 128 Å². The average Bonchev–Trinajstić information content (AvgIpc) is 2.85. The predicted molar refractivity (Wildman–Crippen MR) is 74.8 cm³/mol. The first-order valence-electron chi connectivity index (χ1n) is 6.18.